The van der Waals surface area contributed by atoms with Crippen LogP contribution < -0.4 is 4.74 Å². The summed E-state index contributed by atoms with van der Waals surface area (Å²) in [5, 5.41) is 0. The van der Waals surface area contributed by atoms with Crippen molar-refractivity contribution in [3.63, 3.8) is 0 Å². The molecule has 42 heavy (non-hydrogen) atoms. The van der Waals surface area contributed by atoms with E-state index in [4.69, 9.17) is 0 Å². The molecule has 0 radical (unpaired) electrons. The van der Waals surface area contributed by atoms with Crippen LogP contribution in [0.15, 0.2) is 72.8 Å². The smallest absolute Gasteiger partial charge is 0.429 e. The number of alkyl halides is 2. The zero-order chi connectivity index (χ0) is 30.3. The van der Waals surface area contributed by atoms with E-state index in [1.165, 1.54) is 24.1 Å². The van der Waals surface area contributed by atoms with Crippen LogP contribution in [0.2, 0.25) is 0 Å². The first-order chi connectivity index (χ1) is 20.1. The van der Waals surface area contributed by atoms with Gasteiger partial charge in [-0.2, -0.15) is 8.78 Å². The van der Waals surface area contributed by atoms with Crippen molar-refractivity contribution in [1.82, 2.24) is 0 Å². The predicted molar refractivity (Wildman–Crippen MR) is 145 cm³/mol. The standard InChI is InChI=1S/C34H23F7O/c1-2-3-4-5-22-6-8-23(9-7-22)10-11-24-12-15-26(29(35)18-24)16-13-25-14-17-28(30(36)19-25)34(40,41)42-27-20-31(37)33(39)32(38)21-27/h6-9,12,14-15,17-21H,2-5H2,1H3. The Kier molecular flexibility index (Phi) is 9.60. The lowest BCUT2D eigenvalue weighted by molar-refractivity contribution is -0.187. The molecule has 0 bridgehead atoms. The van der Waals surface area contributed by atoms with Crippen LogP contribution in [0.4, 0.5) is 30.7 Å². The van der Waals surface area contributed by atoms with Crippen LogP contribution >= 0.6 is 0 Å². The predicted octanol–water partition coefficient (Wildman–Crippen LogP) is 9.04. The number of rotatable bonds is 7. The highest BCUT2D eigenvalue weighted by Gasteiger charge is 2.38. The van der Waals surface area contributed by atoms with Gasteiger partial charge in [-0.05, 0) is 66.9 Å². The molecule has 0 atom stereocenters. The minimum Gasteiger partial charge on any atom is -0.429 e. The third kappa shape index (κ3) is 7.73. The quantitative estimate of drug-likeness (QED) is 0.0918. The zero-order valence-corrected chi connectivity index (χ0v) is 22.3. The van der Waals surface area contributed by atoms with Crippen LogP contribution in [0.3, 0.4) is 0 Å². The summed E-state index contributed by atoms with van der Waals surface area (Å²) in [5.74, 6) is 2.40. The van der Waals surface area contributed by atoms with E-state index in [0.29, 0.717) is 17.7 Å². The van der Waals surface area contributed by atoms with E-state index in [0.717, 1.165) is 30.9 Å². The summed E-state index contributed by atoms with van der Waals surface area (Å²) in [6.07, 6.45) is 0.123. The minimum absolute atomic E-state index is 0.0181. The largest absolute Gasteiger partial charge is 0.429 e. The number of hydrogen-bond donors (Lipinski definition) is 0. The summed E-state index contributed by atoms with van der Waals surface area (Å²) in [6, 6.07) is 14.9. The zero-order valence-electron chi connectivity index (χ0n) is 22.3. The minimum atomic E-state index is -4.35. The highest BCUT2D eigenvalue weighted by molar-refractivity contribution is 5.49. The van der Waals surface area contributed by atoms with Crippen molar-refractivity contribution in [3.8, 4) is 29.4 Å². The summed E-state index contributed by atoms with van der Waals surface area (Å²) in [7, 11) is 0. The Bertz CT molecular complexity index is 1680. The molecule has 0 unspecified atom stereocenters. The molecular formula is C34H23F7O. The van der Waals surface area contributed by atoms with Crippen LogP contribution in [0.25, 0.3) is 0 Å². The number of halogens is 7. The average Bonchev–Trinajstić information content (AvgIpc) is 2.94. The number of ether oxygens (including phenoxy) is 1. The lowest BCUT2D eigenvalue weighted by Crippen LogP contribution is -2.23. The third-order valence-electron chi connectivity index (χ3n) is 6.17. The average molecular weight is 581 g/mol. The van der Waals surface area contributed by atoms with E-state index >= 15 is 0 Å². The van der Waals surface area contributed by atoms with Crippen molar-refractivity contribution in [1.29, 1.82) is 0 Å². The Hall–Kier alpha value is -4.69. The Morgan fingerprint density at radius 3 is 1.81 bits per heavy atom. The molecule has 0 spiro atoms. The second-order valence-corrected chi connectivity index (χ2v) is 9.36. The summed E-state index contributed by atoms with van der Waals surface area (Å²) in [6.45, 7) is 2.15. The fraction of sp³-hybridized carbons (Fsp3) is 0.176. The molecule has 0 aliphatic rings. The maximum Gasteiger partial charge on any atom is 0.429 e. The van der Waals surface area contributed by atoms with Gasteiger partial charge in [-0.1, -0.05) is 55.6 Å². The van der Waals surface area contributed by atoms with Crippen LogP contribution in [0.1, 0.15) is 59.6 Å². The molecule has 0 aromatic heterocycles. The van der Waals surface area contributed by atoms with E-state index in [1.54, 1.807) is 6.07 Å². The van der Waals surface area contributed by atoms with Crippen LogP contribution in [-0.4, -0.2) is 0 Å². The van der Waals surface area contributed by atoms with E-state index in [-0.39, 0.29) is 23.3 Å². The fourth-order valence-electron chi connectivity index (χ4n) is 3.94. The molecule has 8 heteroatoms. The van der Waals surface area contributed by atoms with Crippen LogP contribution in [-0.2, 0) is 12.5 Å². The van der Waals surface area contributed by atoms with Gasteiger partial charge < -0.3 is 4.74 Å². The Morgan fingerprint density at radius 2 is 1.19 bits per heavy atom. The topological polar surface area (TPSA) is 9.23 Å². The van der Waals surface area contributed by atoms with Crippen molar-refractivity contribution < 1.29 is 35.5 Å². The lowest BCUT2D eigenvalue weighted by atomic mass is 10.1. The van der Waals surface area contributed by atoms with Crippen LogP contribution in [0.5, 0.6) is 5.75 Å². The molecule has 0 heterocycles. The number of unbranched alkanes of at least 4 members (excludes halogenated alkanes) is 2. The van der Waals surface area contributed by atoms with Gasteiger partial charge in [0.15, 0.2) is 17.5 Å². The molecule has 0 saturated carbocycles. The molecule has 4 aromatic carbocycles. The van der Waals surface area contributed by atoms with Gasteiger partial charge in [0.25, 0.3) is 0 Å². The summed E-state index contributed by atoms with van der Waals surface area (Å²) in [4.78, 5) is 0. The lowest BCUT2D eigenvalue weighted by Gasteiger charge is -2.19. The normalized spacial score (nSPS) is 10.9. The van der Waals surface area contributed by atoms with Gasteiger partial charge in [-0.3, -0.25) is 0 Å². The van der Waals surface area contributed by atoms with Crippen molar-refractivity contribution in [2.45, 2.75) is 38.7 Å². The maximum atomic E-state index is 14.6. The van der Waals surface area contributed by atoms with Gasteiger partial charge in [0, 0.05) is 28.8 Å². The first-order valence-corrected chi connectivity index (χ1v) is 13.0. The van der Waals surface area contributed by atoms with Gasteiger partial charge in [-0.15, -0.1) is 0 Å². The molecule has 1 nitrogen and oxygen atoms in total. The molecule has 0 fully saturated rings. The monoisotopic (exact) mass is 580 g/mol. The van der Waals surface area contributed by atoms with Gasteiger partial charge >= 0.3 is 6.11 Å². The van der Waals surface area contributed by atoms with Crippen molar-refractivity contribution >= 4 is 0 Å². The highest BCUT2D eigenvalue weighted by atomic mass is 19.3. The van der Waals surface area contributed by atoms with E-state index in [9.17, 15) is 30.7 Å². The Balaban J connectivity index is 1.44. The molecule has 0 aliphatic carbocycles. The summed E-state index contributed by atoms with van der Waals surface area (Å²) in [5.41, 5.74) is 1.12. The van der Waals surface area contributed by atoms with Crippen molar-refractivity contribution in [3.05, 3.63) is 135 Å². The molecule has 4 rings (SSSR count). The number of benzene rings is 4. The molecule has 0 aliphatic heterocycles. The third-order valence-corrected chi connectivity index (χ3v) is 6.17. The van der Waals surface area contributed by atoms with E-state index < -0.39 is 46.5 Å². The van der Waals surface area contributed by atoms with Gasteiger partial charge in [0.1, 0.15) is 22.9 Å². The second kappa shape index (κ2) is 13.3. The molecular weight excluding hydrogens is 557 g/mol. The Morgan fingerprint density at radius 1 is 0.619 bits per heavy atom. The second-order valence-electron chi connectivity index (χ2n) is 9.36. The first kappa shape index (κ1) is 30.3. The maximum absolute atomic E-state index is 14.6. The van der Waals surface area contributed by atoms with Gasteiger partial charge in [-0.25, -0.2) is 22.0 Å². The number of hydrogen-bond acceptors (Lipinski definition) is 1. The summed E-state index contributed by atoms with van der Waals surface area (Å²) < 4.78 is 102. The van der Waals surface area contributed by atoms with Crippen LogP contribution in [0, 0.1) is 52.8 Å². The van der Waals surface area contributed by atoms with Crippen molar-refractivity contribution in [2.24, 2.45) is 0 Å². The van der Waals surface area contributed by atoms with E-state index in [1.807, 2.05) is 24.3 Å². The molecule has 214 valence electrons. The molecule has 4 aromatic rings. The molecule has 0 N–H and O–H groups in total. The highest BCUT2D eigenvalue weighted by Crippen LogP contribution is 2.34. The Labute approximate surface area is 239 Å². The summed E-state index contributed by atoms with van der Waals surface area (Å²) >= 11 is 0. The van der Waals surface area contributed by atoms with Crippen molar-refractivity contribution in [2.75, 3.05) is 0 Å². The van der Waals surface area contributed by atoms with Gasteiger partial charge in [0.2, 0.25) is 0 Å². The SMILES string of the molecule is CCCCCc1ccc(C#Cc2ccc(C#Cc3ccc(C(F)(F)Oc4cc(F)c(F)c(F)c4)c(F)c3)c(F)c2)cc1. The van der Waals surface area contributed by atoms with E-state index in [2.05, 4.69) is 35.3 Å². The first-order valence-electron chi connectivity index (χ1n) is 13.0. The fourth-order valence-corrected chi connectivity index (χ4v) is 3.94. The molecule has 0 saturated heterocycles. The molecule has 0 amide bonds. The number of aryl methyl sites for hydroxylation is 1. The van der Waals surface area contributed by atoms with Gasteiger partial charge in [0.05, 0.1) is 5.56 Å².